The Labute approximate surface area is 175 Å². The van der Waals surface area contributed by atoms with Crippen LogP contribution in [-0.4, -0.2) is 0 Å². The van der Waals surface area contributed by atoms with Crippen molar-refractivity contribution in [2.75, 3.05) is 0 Å². The van der Waals surface area contributed by atoms with Crippen LogP contribution >= 0.6 is 38.5 Å². The molecule has 0 aromatic heterocycles. The molecule has 0 atom stereocenters. The van der Waals surface area contributed by atoms with Gasteiger partial charge in [-0.15, -0.1) is 0 Å². The van der Waals surface area contributed by atoms with E-state index in [0.717, 1.165) is 30.5 Å². The number of ether oxygens (including phenoxy) is 1. The van der Waals surface area contributed by atoms with Crippen LogP contribution in [0, 0.1) is 14.9 Å². The summed E-state index contributed by atoms with van der Waals surface area (Å²) < 4.78 is 8.18. The van der Waals surface area contributed by atoms with Gasteiger partial charge in [0.2, 0.25) is 0 Å². The highest BCUT2D eigenvalue weighted by molar-refractivity contribution is 14.1. The first kappa shape index (κ1) is 18.7. The van der Waals surface area contributed by atoms with E-state index >= 15 is 0 Å². The molecule has 0 spiro atoms. The zero-order chi connectivity index (χ0) is 18.4. The number of nitrogens with zero attached hydrogens (tertiary/aromatic N) is 1. The molecular weight excluding hydrogens is 501 g/mol. The van der Waals surface area contributed by atoms with Crippen molar-refractivity contribution in [2.24, 2.45) is 0 Å². The Hall–Kier alpha value is -2.10. The second kappa shape index (κ2) is 9.02. The highest BCUT2D eigenvalue weighted by atomic mass is 127. The largest absolute Gasteiger partial charge is 0.488 e. The number of para-hydroxylation sites is 1. The number of allylic oxidation sites excluding steroid dienone is 1. The molecule has 0 saturated carbocycles. The number of halogens is 2. The lowest BCUT2D eigenvalue weighted by Crippen LogP contribution is -1.97. The lowest BCUT2D eigenvalue weighted by Gasteiger charge is -2.10. The van der Waals surface area contributed by atoms with Crippen LogP contribution in [0.5, 0.6) is 5.75 Å². The molecule has 0 bridgehead atoms. The monoisotopic (exact) mass is 515 g/mol. The molecule has 3 aromatic rings. The number of hydrogen-bond acceptors (Lipinski definition) is 2. The van der Waals surface area contributed by atoms with Crippen LogP contribution in [0.25, 0.3) is 11.6 Å². The molecule has 128 valence electrons. The van der Waals surface area contributed by atoms with Gasteiger partial charge in [-0.3, -0.25) is 0 Å². The van der Waals surface area contributed by atoms with Gasteiger partial charge in [-0.05, 0) is 70.1 Å². The molecule has 3 aromatic carbocycles. The normalized spacial score (nSPS) is 11.0. The van der Waals surface area contributed by atoms with Gasteiger partial charge < -0.3 is 4.74 Å². The summed E-state index contributed by atoms with van der Waals surface area (Å²) in [7, 11) is 0. The maximum absolute atomic E-state index is 9.57. The quantitative estimate of drug-likeness (QED) is 0.215. The van der Waals surface area contributed by atoms with Crippen molar-refractivity contribution in [1.29, 1.82) is 5.26 Å². The molecule has 3 rings (SSSR count). The Morgan fingerprint density at radius 2 is 1.69 bits per heavy atom. The second-order valence-corrected chi connectivity index (χ2v) is 7.79. The summed E-state index contributed by atoms with van der Waals surface area (Å²) in [5.74, 6) is 0.758. The maximum atomic E-state index is 9.57. The molecule has 0 radical (unpaired) electrons. The predicted molar refractivity (Wildman–Crippen MR) is 118 cm³/mol. The molecule has 0 saturated heterocycles. The number of nitriles is 1. The van der Waals surface area contributed by atoms with E-state index in [1.165, 1.54) is 0 Å². The van der Waals surface area contributed by atoms with Crippen LogP contribution in [0.4, 0.5) is 0 Å². The van der Waals surface area contributed by atoms with Crippen LogP contribution in [0.15, 0.2) is 77.3 Å². The van der Waals surface area contributed by atoms with Gasteiger partial charge in [-0.25, -0.2) is 0 Å². The summed E-state index contributed by atoms with van der Waals surface area (Å²) in [6.07, 6.45) is 1.87. The van der Waals surface area contributed by atoms with Crippen LogP contribution in [0.3, 0.4) is 0 Å². The summed E-state index contributed by atoms with van der Waals surface area (Å²) in [6, 6.07) is 26.0. The third kappa shape index (κ3) is 4.96. The highest BCUT2D eigenvalue weighted by Gasteiger charge is 2.06. The molecule has 2 nitrogen and oxygen atoms in total. The van der Waals surface area contributed by atoms with Gasteiger partial charge in [0.1, 0.15) is 12.4 Å². The van der Waals surface area contributed by atoms with Gasteiger partial charge in [-0.2, -0.15) is 5.26 Å². The van der Waals surface area contributed by atoms with E-state index in [9.17, 15) is 5.26 Å². The Bertz CT molecular complexity index is 957. The fourth-order valence-corrected chi connectivity index (χ4v) is 3.06. The van der Waals surface area contributed by atoms with Gasteiger partial charge in [0.15, 0.2) is 0 Å². The third-order valence-electron chi connectivity index (χ3n) is 3.80. The Kier molecular flexibility index (Phi) is 6.48. The minimum Gasteiger partial charge on any atom is -0.488 e. The van der Waals surface area contributed by atoms with Crippen molar-refractivity contribution in [3.05, 3.63) is 97.5 Å². The van der Waals surface area contributed by atoms with Crippen molar-refractivity contribution >= 4 is 50.2 Å². The van der Waals surface area contributed by atoms with Crippen molar-refractivity contribution in [1.82, 2.24) is 0 Å². The minimum absolute atomic E-state index is 0.476. The van der Waals surface area contributed by atoms with Gasteiger partial charge >= 0.3 is 0 Å². The molecule has 0 N–H and O–H groups in total. The van der Waals surface area contributed by atoms with Crippen molar-refractivity contribution in [3.8, 4) is 11.8 Å². The zero-order valence-corrected chi connectivity index (χ0v) is 17.6. The molecule has 0 unspecified atom stereocenters. The molecule has 26 heavy (non-hydrogen) atoms. The van der Waals surface area contributed by atoms with Gasteiger partial charge in [0.05, 0.1) is 11.6 Å². The number of rotatable bonds is 5. The van der Waals surface area contributed by atoms with Gasteiger partial charge in [0.25, 0.3) is 0 Å². The van der Waals surface area contributed by atoms with E-state index in [1.807, 2.05) is 78.9 Å². The first-order valence-corrected chi connectivity index (χ1v) is 9.87. The lowest BCUT2D eigenvalue weighted by molar-refractivity contribution is 0.305. The number of hydrogen-bond donors (Lipinski definition) is 0. The van der Waals surface area contributed by atoms with Crippen LogP contribution < -0.4 is 4.74 Å². The van der Waals surface area contributed by atoms with E-state index < -0.39 is 0 Å². The molecule has 0 aliphatic carbocycles. The van der Waals surface area contributed by atoms with Crippen molar-refractivity contribution in [3.63, 3.8) is 0 Å². The molecule has 0 fully saturated rings. The summed E-state index contributed by atoms with van der Waals surface area (Å²) in [5.41, 5.74) is 3.49. The SMILES string of the molecule is N#C/C(=C/c1ccccc1OCc1ccc(Br)cc1)c1ccc(I)cc1. The Morgan fingerprint density at radius 3 is 2.38 bits per heavy atom. The standard InChI is InChI=1S/C22H15BrINO/c23-20-9-5-16(6-10-20)15-26-22-4-2-1-3-18(22)13-19(14-25)17-7-11-21(24)12-8-17/h1-13H,15H2/b19-13-. The Balaban J connectivity index is 1.84. The smallest absolute Gasteiger partial charge is 0.127 e. The summed E-state index contributed by atoms with van der Waals surface area (Å²) in [5, 5.41) is 9.57. The first-order valence-electron chi connectivity index (χ1n) is 8.00. The summed E-state index contributed by atoms with van der Waals surface area (Å²) in [4.78, 5) is 0. The molecule has 4 heteroatoms. The zero-order valence-electron chi connectivity index (χ0n) is 13.8. The molecular formula is C22H15BrINO. The van der Waals surface area contributed by atoms with Crippen molar-refractivity contribution < 1.29 is 4.74 Å². The van der Waals surface area contributed by atoms with Gasteiger partial charge in [0, 0.05) is 13.6 Å². The average Bonchev–Trinajstić information content (AvgIpc) is 2.67. The average molecular weight is 516 g/mol. The fraction of sp³-hybridized carbons (Fsp3) is 0.0455. The lowest BCUT2D eigenvalue weighted by atomic mass is 10.0. The molecule has 0 heterocycles. The van der Waals surface area contributed by atoms with Gasteiger partial charge in [-0.1, -0.05) is 58.4 Å². The fourth-order valence-electron chi connectivity index (χ4n) is 2.44. The summed E-state index contributed by atoms with van der Waals surface area (Å²) in [6.45, 7) is 0.476. The van der Waals surface area contributed by atoms with Crippen LogP contribution in [-0.2, 0) is 6.61 Å². The van der Waals surface area contributed by atoms with E-state index in [-0.39, 0.29) is 0 Å². The highest BCUT2D eigenvalue weighted by Crippen LogP contribution is 2.26. The summed E-state index contributed by atoms with van der Waals surface area (Å²) >= 11 is 5.69. The number of benzene rings is 3. The topological polar surface area (TPSA) is 33.0 Å². The molecule has 0 aliphatic heterocycles. The van der Waals surface area contributed by atoms with E-state index in [2.05, 4.69) is 44.6 Å². The first-order chi connectivity index (χ1) is 12.7. The van der Waals surface area contributed by atoms with Crippen LogP contribution in [0.1, 0.15) is 16.7 Å². The van der Waals surface area contributed by atoms with E-state index in [1.54, 1.807) is 0 Å². The third-order valence-corrected chi connectivity index (χ3v) is 5.05. The van der Waals surface area contributed by atoms with Crippen LogP contribution in [0.2, 0.25) is 0 Å². The maximum Gasteiger partial charge on any atom is 0.127 e. The second-order valence-electron chi connectivity index (χ2n) is 5.63. The van der Waals surface area contributed by atoms with Crippen molar-refractivity contribution in [2.45, 2.75) is 6.61 Å². The minimum atomic E-state index is 0.476. The molecule has 0 aliphatic rings. The Morgan fingerprint density at radius 1 is 1.00 bits per heavy atom. The predicted octanol–water partition coefficient (Wildman–Crippen LogP) is 6.70. The molecule has 0 amide bonds. The van der Waals surface area contributed by atoms with E-state index in [4.69, 9.17) is 4.74 Å². The van der Waals surface area contributed by atoms with E-state index in [0.29, 0.717) is 12.2 Å².